The van der Waals surface area contributed by atoms with E-state index < -0.39 is 0 Å². The van der Waals surface area contributed by atoms with E-state index in [-0.39, 0.29) is 12.6 Å². The van der Waals surface area contributed by atoms with Crippen molar-refractivity contribution >= 4 is 23.4 Å². The van der Waals surface area contributed by atoms with Crippen LogP contribution in [-0.2, 0) is 11.2 Å². The summed E-state index contributed by atoms with van der Waals surface area (Å²) < 4.78 is 7.75. The first kappa shape index (κ1) is 24.0. The number of ether oxygens (including phenoxy) is 1. The summed E-state index contributed by atoms with van der Waals surface area (Å²) in [6, 6.07) is 5.34. The quantitative estimate of drug-likeness (QED) is 0.530. The zero-order valence-corrected chi connectivity index (χ0v) is 22.4. The van der Waals surface area contributed by atoms with Crippen LogP contribution in [0.4, 0.5) is 11.6 Å². The number of aromatic nitrogens is 5. The summed E-state index contributed by atoms with van der Waals surface area (Å²) in [5.41, 5.74) is 5.36. The summed E-state index contributed by atoms with van der Waals surface area (Å²) >= 11 is 0. The molecule has 5 heterocycles. The molecule has 3 aromatic heterocycles. The summed E-state index contributed by atoms with van der Waals surface area (Å²) in [7, 11) is 0. The number of anilines is 2. The molecule has 3 fully saturated rings. The van der Waals surface area contributed by atoms with Gasteiger partial charge < -0.3 is 19.6 Å². The molecule has 0 aromatic carbocycles. The van der Waals surface area contributed by atoms with Crippen molar-refractivity contribution in [3.8, 4) is 11.4 Å². The van der Waals surface area contributed by atoms with Crippen molar-refractivity contribution in [1.82, 2.24) is 24.6 Å². The number of fused-ring (bicyclic) bond motifs is 2. The standard InChI is InChI=1S/C29H37N7O2/c1-18-5-8-23-24(14-18)31-29(19(2)30-23)25-15-27-32-26(34-11-3-4-22(34)17-37)16-28(36(27)33-25)35(20-6-7-20)21-9-12-38-13-10-21/h5,8,15-16,18,20-22,37H,3-4,6-7,9-14,17H2,1-2H3. The van der Waals surface area contributed by atoms with Gasteiger partial charge in [-0.3, -0.25) is 0 Å². The summed E-state index contributed by atoms with van der Waals surface area (Å²) in [5, 5.41) is 15.2. The Morgan fingerprint density at radius 2 is 1.87 bits per heavy atom. The minimum atomic E-state index is 0.112. The predicted octanol–water partition coefficient (Wildman–Crippen LogP) is 3.81. The van der Waals surface area contributed by atoms with Crippen molar-refractivity contribution < 1.29 is 9.84 Å². The Morgan fingerprint density at radius 3 is 2.66 bits per heavy atom. The second-order valence-corrected chi connectivity index (χ2v) is 11.5. The third-order valence-electron chi connectivity index (χ3n) is 8.58. The number of nitrogens with zero attached hydrogens (tertiary/aromatic N) is 7. The monoisotopic (exact) mass is 515 g/mol. The van der Waals surface area contributed by atoms with Crippen molar-refractivity contribution in [2.75, 3.05) is 36.2 Å². The minimum Gasteiger partial charge on any atom is -0.394 e. The van der Waals surface area contributed by atoms with Crippen LogP contribution in [0.5, 0.6) is 0 Å². The normalized spacial score (nSPS) is 23.8. The predicted molar refractivity (Wildman–Crippen MR) is 147 cm³/mol. The van der Waals surface area contributed by atoms with E-state index in [1.165, 1.54) is 12.8 Å². The van der Waals surface area contributed by atoms with E-state index in [0.29, 0.717) is 18.0 Å². The van der Waals surface area contributed by atoms with Crippen molar-refractivity contribution in [3.05, 3.63) is 35.3 Å². The average molecular weight is 516 g/mol. The molecule has 4 aliphatic rings. The molecule has 38 heavy (non-hydrogen) atoms. The van der Waals surface area contributed by atoms with E-state index >= 15 is 0 Å². The molecule has 2 aliphatic carbocycles. The smallest absolute Gasteiger partial charge is 0.160 e. The highest BCUT2D eigenvalue weighted by atomic mass is 16.5. The number of aliphatic hydroxyl groups is 1. The highest BCUT2D eigenvalue weighted by Gasteiger charge is 2.37. The Labute approximate surface area is 223 Å². The Bertz CT molecular complexity index is 1370. The lowest BCUT2D eigenvalue weighted by molar-refractivity contribution is 0.0838. The molecule has 1 N–H and O–H groups in total. The fourth-order valence-corrected chi connectivity index (χ4v) is 6.43. The molecule has 1 saturated carbocycles. The van der Waals surface area contributed by atoms with Gasteiger partial charge in [-0.2, -0.15) is 9.61 Å². The molecule has 2 aliphatic heterocycles. The minimum absolute atomic E-state index is 0.112. The van der Waals surface area contributed by atoms with E-state index in [1.807, 2.05) is 11.4 Å². The van der Waals surface area contributed by atoms with E-state index in [0.717, 1.165) is 97.6 Å². The summed E-state index contributed by atoms with van der Waals surface area (Å²) in [4.78, 5) is 19.9. The molecule has 0 bridgehead atoms. The van der Waals surface area contributed by atoms with Gasteiger partial charge in [0.2, 0.25) is 0 Å². The second-order valence-electron chi connectivity index (χ2n) is 11.5. The fraction of sp³-hybridized carbons (Fsp3) is 0.586. The Hall–Kier alpha value is -3.04. The van der Waals surface area contributed by atoms with Gasteiger partial charge >= 0.3 is 0 Å². The van der Waals surface area contributed by atoms with E-state index in [9.17, 15) is 5.11 Å². The molecule has 2 atom stereocenters. The van der Waals surface area contributed by atoms with Crippen LogP contribution in [0.25, 0.3) is 23.1 Å². The fourth-order valence-electron chi connectivity index (χ4n) is 6.43. The van der Waals surface area contributed by atoms with Crippen LogP contribution < -0.4 is 9.80 Å². The largest absolute Gasteiger partial charge is 0.394 e. The van der Waals surface area contributed by atoms with Crippen molar-refractivity contribution in [2.45, 2.75) is 76.9 Å². The maximum Gasteiger partial charge on any atom is 0.160 e. The molecule has 7 rings (SSSR count). The van der Waals surface area contributed by atoms with Gasteiger partial charge in [0.05, 0.1) is 29.7 Å². The van der Waals surface area contributed by atoms with Crippen LogP contribution >= 0.6 is 0 Å². The first-order chi connectivity index (χ1) is 18.6. The third-order valence-corrected chi connectivity index (χ3v) is 8.58. The van der Waals surface area contributed by atoms with Gasteiger partial charge in [-0.05, 0) is 63.9 Å². The van der Waals surface area contributed by atoms with Crippen LogP contribution in [-0.4, -0.2) is 74.2 Å². The van der Waals surface area contributed by atoms with Crippen LogP contribution in [0.3, 0.4) is 0 Å². The number of allylic oxidation sites excluding steroid dienone is 1. The molecule has 0 amide bonds. The number of hydrogen-bond donors (Lipinski definition) is 1. The molecular weight excluding hydrogens is 478 g/mol. The van der Waals surface area contributed by atoms with E-state index in [2.05, 4.69) is 41.0 Å². The zero-order valence-electron chi connectivity index (χ0n) is 22.4. The summed E-state index contributed by atoms with van der Waals surface area (Å²) in [5.74, 6) is 2.48. The molecule has 9 heteroatoms. The first-order valence-corrected chi connectivity index (χ1v) is 14.3. The maximum absolute atomic E-state index is 10.1. The number of aliphatic hydroxyl groups excluding tert-OH is 1. The van der Waals surface area contributed by atoms with Gasteiger partial charge in [-0.15, -0.1) is 0 Å². The molecule has 2 saturated heterocycles. The summed E-state index contributed by atoms with van der Waals surface area (Å²) in [6.07, 6.45) is 11.7. The van der Waals surface area contributed by atoms with Crippen molar-refractivity contribution in [3.63, 3.8) is 0 Å². The Balaban J connectivity index is 1.37. The van der Waals surface area contributed by atoms with Gasteiger partial charge in [-0.25, -0.2) is 15.0 Å². The first-order valence-electron chi connectivity index (χ1n) is 14.3. The van der Waals surface area contributed by atoms with Gasteiger partial charge in [0.25, 0.3) is 0 Å². The van der Waals surface area contributed by atoms with Gasteiger partial charge in [0.1, 0.15) is 23.0 Å². The molecule has 2 unspecified atom stereocenters. The summed E-state index contributed by atoms with van der Waals surface area (Å²) in [6.45, 7) is 6.90. The molecule has 0 spiro atoms. The van der Waals surface area contributed by atoms with Gasteiger partial charge in [0, 0.05) is 44.0 Å². The number of aryl methyl sites for hydroxylation is 1. The Morgan fingerprint density at radius 1 is 1.05 bits per heavy atom. The van der Waals surface area contributed by atoms with Crippen LogP contribution in [0, 0.1) is 12.8 Å². The third kappa shape index (κ3) is 4.25. The number of hydrogen-bond acceptors (Lipinski definition) is 8. The molecular formula is C29H37N7O2. The van der Waals surface area contributed by atoms with E-state index in [4.69, 9.17) is 24.8 Å². The lowest BCUT2D eigenvalue weighted by Crippen LogP contribution is -2.42. The van der Waals surface area contributed by atoms with Crippen LogP contribution in [0.15, 0.2) is 18.2 Å². The highest BCUT2D eigenvalue weighted by Crippen LogP contribution is 2.39. The van der Waals surface area contributed by atoms with Crippen LogP contribution in [0.2, 0.25) is 0 Å². The van der Waals surface area contributed by atoms with Gasteiger partial charge in [0.15, 0.2) is 5.65 Å². The van der Waals surface area contributed by atoms with Crippen molar-refractivity contribution in [1.29, 1.82) is 0 Å². The molecule has 200 valence electrons. The average Bonchev–Trinajstić information content (AvgIpc) is 3.47. The highest BCUT2D eigenvalue weighted by molar-refractivity contribution is 5.69. The Kier molecular flexibility index (Phi) is 6.08. The SMILES string of the molecule is Cc1nc2c(nc1-c1cc3nc(N4CCCC4CO)cc(N(C4CCOCC4)C4CC4)n3n1)CC(C)C=C2. The molecule has 0 radical (unpaired) electrons. The zero-order chi connectivity index (χ0) is 25.8. The lowest BCUT2D eigenvalue weighted by atomic mass is 9.97. The van der Waals surface area contributed by atoms with Crippen molar-refractivity contribution in [2.24, 2.45) is 5.92 Å². The van der Waals surface area contributed by atoms with Crippen LogP contribution in [0.1, 0.15) is 62.5 Å². The second kappa shape index (κ2) is 9.61. The molecule has 3 aromatic rings. The van der Waals surface area contributed by atoms with E-state index in [1.54, 1.807) is 0 Å². The topological polar surface area (TPSA) is 91.9 Å². The molecule has 9 nitrogen and oxygen atoms in total. The lowest BCUT2D eigenvalue weighted by Gasteiger charge is -2.37. The van der Waals surface area contributed by atoms with Gasteiger partial charge in [-0.1, -0.05) is 13.0 Å². The number of rotatable bonds is 6. The maximum atomic E-state index is 10.1.